The number of thioether (sulfide) groups is 1. The van der Waals surface area contributed by atoms with E-state index >= 15 is 4.39 Å². The normalized spacial score (nSPS) is 23.6. The van der Waals surface area contributed by atoms with Crippen molar-refractivity contribution in [1.82, 2.24) is 4.98 Å². The van der Waals surface area contributed by atoms with Gasteiger partial charge in [-0.3, -0.25) is 9.78 Å². The zero-order valence-electron chi connectivity index (χ0n) is 15.7. The lowest BCUT2D eigenvalue weighted by Crippen LogP contribution is -2.44. The van der Waals surface area contributed by atoms with Crippen molar-refractivity contribution in [2.24, 2.45) is 0 Å². The largest absolute Gasteiger partial charge is 0.396 e. The monoisotopic (exact) mass is 457 g/mol. The second kappa shape index (κ2) is 9.31. The Morgan fingerprint density at radius 1 is 1.28 bits per heavy atom. The van der Waals surface area contributed by atoms with E-state index in [0.29, 0.717) is 22.2 Å². The Balaban J connectivity index is 1.81. The molecule has 0 saturated heterocycles. The van der Waals surface area contributed by atoms with Crippen LogP contribution in [0.5, 0.6) is 0 Å². The smallest absolute Gasteiger partial charge is 0.195 e. The molecule has 0 saturated carbocycles. The topological polar surface area (TPSA) is 70.4 Å². The summed E-state index contributed by atoms with van der Waals surface area (Å²) in [6.07, 6.45) is 1.73. The molecular weight excluding hydrogens is 436 g/mol. The van der Waals surface area contributed by atoms with Crippen molar-refractivity contribution in [3.05, 3.63) is 63.4 Å². The molecule has 2 aromatic rings. The maximum absolute atomic E-state index is 16.0. The SMILES string of the molecule is O=C(CCc1ccc(Cl)cc1Cl)[C@]1(F)CC[C@@](O)(CSCCO)c2ncccc21. The number of carbonyl (C=O) groups excluding carboxylic acids is 1. The first-order chi connectivity index (χ1) is 13.8. The maximum atomic E-state index is 16.0. The third kappa shape index (κ3) is 4.78. The summed E-state index contributed by atoms with van der Waals surface area (Å²) in [4.78, 5) is 17.1. The number of ketones is 1. The molecule has 156 valence electrons. The Labute approximate surface area is 183 Å². The minimum Gasteiger partial charge on any atom is -0.396 e. The fraction of sp³-hybridized carbons (Fsp3) is 0.429. The van der Waals surface area contributed by atoms with Gasteiger partial charge in [0.05, 0.1) is 12.3 Å². The van der Waals surface area contributed by atoms with Crippen molar-refractivity contribution >= 4 is 40.7 Å². The van der Waals surface area contributed by atoms with Crippen LogP contribution < -0.4 is 0 Å². The van der Waals surface area contributed by atoms with Gasteiger partial charge in [0, 0.05) is 39.7 Å². The van der Waals surface area contributed by atoms with Crippen LogP contribution in [0.15, 0.2) is 36.5 Å². The summed E-state index contributed by atoms with van der Waals surface area (Å²) >= 11 is 13.4. The second-order valence-corrected chi connectivity index (χ2v) is 9.12. The van der Waals surface area contributed by atoms with Gasteiger partial charge >= 0.3 is 0 Å². The number of nitrogens with zero attached hydrogens (tertiary/aromatic N) is 1. The molecule has 4 nitrogen and oxygen atoms in total. The molecule has 2 N–H and O–H groups in total. The van der Waals surface area contributed by atoms with Gasteiger partial charge in [-0.05, 0) is 43.0 Å². The minimum atomic E-state index is -2.20. The lowest BCUT2D eigenvalue weighted by Gasteiger charge is -2.39. The number of benzene rings is 1. The number of aromatic nitrogens is 1. The lowest BCUT2D eigenvalue weighted by molar-refractivity contribution is -0.134. The molecule has 8 heteroatoms. The number of pyridine rings is 1. The zero-order chi connectivity index (χ0) is 21.1. The molecule has 1 aliphatic carbocycles. The van der Waals surface area contributed by atoms with Gasteiger partial charge in [-0.15, -0.1) is 0 Å². The first kappa shape index (κ1) is 22.5. The van der Waals surface area contributed by atoms with E-state index in [-0.39, 0.29) is 42.9 Å². The van der Waals surface area contributed by atoms with E-state index in [4.69, 9.17) is 28.3 Å². The number of aryl methyl sites for hydroxylation is 1. The number of halogens is 3. The van der Waals surface area contributed by atoms with Crippen LogP contribution in [0.1, 0.15) is 36.1 Å². The van der Waals surface area contributed by atoms with Gasteiger partial charge in [-0.1, -0.05) is 35.3 Å². The highest BCUT2D eigenvalue weighted by atomic mass is 35.5. The van der Waals surface area contributed by atoms with Crippen molar-refractivity contribution in [2.45, 2.75) is 37.0 Å². The maximum Gasteiger partial charge on any atom is 0.195 e. The van der Waals surface area contributed by atoms with E-state index < -0.39 is 17.1 Å². The van der Waals surface area contributed by atoms with Crippen molar-refractivity contribution in [3.63, 3.8) is 0 Å². The third-order valence-corrected chi connectivity index (χ3v) is 6.95. The lowest BCUT2D eigenvalue weighted by atomic mass is 9.73. The van der Waals surface area contributed by atoms with Crippen molar-refractivity contribution in [2.75, 3.05) is 18.1 Å². The summed E-state index contributed by atoms with van der Waals surface area (Å²) in [5.41, 5.74) is -2.46. The molecule has 0 radical (unpaired) electrons. The first-order valence-corrected chi connectivity index (χ1v) is 11.2. The second-order valence-electron chi connectivity index (χ2n) is 7.17. The molecule has 1 aromatic carbocycles. The van der Waals surface area contributed by atoms with Crippen molar-refractivity contribution < 1.29 is 19.4 Å². The first-order valence-electron chi connectivity index (χ1n) is 9.33. The molecule has 0 spiro atoms. The van der Waals surface area contributed by atoms with Crippen molar-refractivity contribution in [3.8, 4) is 0 Å². The summed E-state index contributed by atoms with van der Waals surface area (Å²) in [6.45, 7) is -0.00534. The Bertz CT molecular complexity index is 900. The van der Waals surface area contributed by atoms with Crippen LogP contribution in [-0.2, 0) is 22.5 Å². The number of rotatable bonds is 8. The number of carbonyl (C=O) groups is 1. The molecule has 0 fully saturated rings. The molecule has 0 bridgehead atoms. The molecule has 3 rings (SSSR count). The van der Waals surface area contributed by atoms with Gasteiger partial charge in [0.1, 0.15) is 5.60 Å². The van der Waals surface area contributed by atoms with Crippen LogP contribution in [0.3, 0.4) is 0 Å². The minimum absolute atomic E-state index is 0.00534. The van der Waals surface area contributed by atoms with Gasteiger partial charge < -0.3 is 10.2 Å². The van der Waals surface area contributed by atoms with Crippen LogP contribution >= 0.6 is 35.0 Å². The Hall–Kier alpha value is -1.18. The summed E-state index contributed by atoms with van der Waals surface area (Å²) in [5, 5.41) is 21.0. The van der Waals surface area contributed by atoms with Crippen LogP contribution in [-0.4, -0.2) is 39.1 Å². The average Bonchev–Trinajstić information content (AvgIpc) is 2.71. The van der Waals surface area contributed by atoms with Crippen molar-refractivity contribution in [1.29, 1.82) is 0 Å². The van der Waals surface area contributed by atoms with E-state index in [1.807, 2.05) is 0 Å². The van der Waals surface area contributed by atoms with Gasteiger partial charge in [0.15, 0.2) is 11.5 Å². The predicted octanol–water partition coefficient (Wildman–Crippen LogP) is 4.46. The van der Waals surface area contributed by atoms with Crippen LogP contribution in [0, 0.1) is 0 Å². The number of aliphatic hydroxyl groups excluding tert-OH is 1. The molecule has 29 heavy (non-hydrogen) atoms. The third-order valence-electron chi connectivity index (χ3n) is 5.21. The van der Waals surface area contributed by atoms with E-state index in [9.17, 15) is 9.90 Å². The molecule has 1 heterocycles. The van der Waals surface area contributed by atoms with Gasteiger partial charge in [0.25, 0.3) is 0 Å². The molecule has 0 unspecified atom stereocenters. The van der Waals surface area contributed by atoms with Crippen LogP contribution in [0.25, 0.3) is 0 Å². The highest BCUT2D eigenvalue weighted by molar-refractivity contribution is 7.99. The fourth-order valence-corrected chi connectivity index (χ4v) is 5.03. The van der Waals surface area contributed by atoms with Gasteiger partial charge in [-0.25, -0.2) is 4.39 Å². The van der Waals surface area contributed by atoms with Crippen LogP contribution in [0.2, 0.25) is 10.0 Å². The van der Waals surface area contributed by atoms with E-state index in [1.165, 1.54) is 24.0 Å². The molecule has 0 amide bonds. The number of hydrogen-bond donors (Lipinski definition) is 2. The standard InChI is InChI=1S/C21H22Cl2FNO3S/c22-15-5-3-14(17(23)12-15)4-6-18(27)21(24)8-7-20(28,13-29-11-10-26)19-16(21)2-1-9-25-19/h1-3,5,9,12,26,28H,4,6-8,10-11,13H2/t20-,21+/m1/s1. The Morgan fingerprint density at radius 3 is 2.79 bits per heavy atom. The Morgan fingerprint density at radius 2 is 2.07 bits per heavy atom. The quantitative estimate of drug-likeness (QED) is 0.572. The van der Waals surface area contributed by atoms with Gasteiger partial charge in [0.2, 0.25) is 0 Å². The number of aliphatic hydroxyl groups is 2. The number of Topliss-reactive ketones (excluding diaryl/α,β-unsaturated/α-hetero) is 1. The molecular formula is C21H22Cl2FNO3S. The number of hydrogen-bond acceptors (Lipinski definition) is 5. The summed E-state index contributed by atoms with van der Waals surface area (Å²) < 4.78 is 16.0. The van der Waals surface area contributed by atoms with E-state index in [1.54, 1.807) is 24.3 Å². The van der Waals surface area contributed by atoms with Gasteiger partial charge in [-0.2, -0.15) is 11.8 Å². The molecule has 1 aromatic heterocycles. The highest BCUT2D eigenvalue weighted by Crippen LogP contribution is 2.47. The van der Waals surface area contributed by atoms with Crippen LogP contribution in [0.4, 0.5) is 4.39 Å². The fourth-order valence-electron chi connectivity index (χ4n) is 3.63. The zero-order valence-corrected chi connectivity index (χ0v) is 18.0. The Kier molecular flexibility index (Phi) is 7.23. The number of alkyl halides is 1. The molecule has 1 aliphatic rings. The highest BCUT2D eigenvalue weighted by Gasteiger charge is 2.51. The number of fused-ring (bicyclic) bond motifs is 1. The predicted molar refractivity (Wildman–Crippen MR) is 114 cm³/mol. The summed E-state index contributed by atoms with van der Waals surface area (Å²) in [5.74, 6) is 0.191. The summed E-state index contributed by atoms with van der Waals surface area (Å²) in [7, 11) is 0. The average molecular weight is 458 g/mol. The molecule has 0 aliphatic heterocycles. The van der Waals surface area contributed by atoms with E-state index in [2.05, 4.69) is 4.98 Å². The summed E-state index contributed by atoms with van der Waals surface area (Å²) in [6, 6.07) is 8.11. The molecule has 2 atom stereocenters. The van der Waals surface area contributed by atoms with E-state index in [0.717, 1.165) is 5.56 Å².